The summed E-state index contributed by atoms with van der Waals surface area (Å²) in [6.07, 6.45) is 6.50. The fraction of sp³-hybridized carbons (Fsp3) is 0.438. The molecule has 0 atom stereocenters. The van der Waals surface area contributed by atoms with E-state index in [1.54, 1.807) is 0 Å². The maximum absolute atomic E-state index is 5.80. The summed E-state index contributed by atoms with van der Waals surface area (Å²) in [5.41, 5.74) is 2.41. The standard InChI is InChI=1S/C16H21N3O/c1-2-19-12-14(11-17-19)13-20-16-7-5-15(6-8-16)18-9-3-4-10-18/h5-8,11-12H,2-4,9-10,13H2,1H3. The Morgan fingerprint density at radius 3 is 2.55 bits per heavy atom. The van der Waals surface area contributed by atoms with Gasteiger partial charge in [0.15, 0.2) is 0 Å². The summed E-state index contributed by atoms with van der Waals surface area (Å²) in [7, 11) is 0. The Labute approximate surface area is 120 Å². The summed E-state index contributed by atoms with van der Waals surface area (Å²) in [6.45, 7) is 5.90. The van der Waals surface area contributed by atoms with Crippen LogP contribution < -0.4 is 9.64 Å². The van der Waals surface area contributed by atoms with Crippen LogP contribution in [0.1, 0.15) is 25.3 Å². The summed E-state index contributed by atoms with van der Waals surface area (Å²) < 4.78 is 7.71. The van der Waals surface area contributed by atoms with E-state index < -0.39 is 0 Å². The lowest BCUT2D eigenvalue weighted by Crippen LogP contribution is -2.17. The van der Waals surface area contributed by atoms with Crippen molar-refractivity contribution in [1.82, 2.24) is 9.78 Å². The molecule has 2 heterocycles. The van der Waals surface area contributed by atoms with Gasteiger partial charge in [-0.1, -0.05) is 0 Å². The highest BCUT2D eigenvalue weighted by molar-refractivity contribution is 5.49. The van der Waals surface area contributed by atoms with Gasteiger partial charge in [-0.05, 0) is 44.0 Å². The van der Waals surface area contributed by atoms with Crippen molar-refractivity contribution in [1.29, 1.82) is 0 Å². The minimum atomic E-state index is 0.572. The van der Waals surface area contributed by atoms with E-state index in [9.17, 15) is 0 Å². The molecule has 1 saturated heterocycles. The van der Waals surface area contributed by atoms with Crippen LogP contribution in [0.4, 0.5) is 5.69 Å². The number of aromatic nitrogens is 2. The number of anilines is 1. The van der Waals surface area contributed by atoms with Gasteiger partial charge in [-0.25, -0.2) is 0 Å². The molecular formula is C16H21N3O. The van der Waals surface area contributed by atoms with Crippen molar-refractivity contribution in [2.75, 3.05) is 18.0 Å². The van der Waals surface area contributed by atoms with Crippen molar-refractivity contribution in [3.8, 4) is 5.75 Å². The second kappa shape index (κ2) is 5.99. The molecule has 4 nitrogen and oxygen atoms in total. The van der Waals surface area contributed by atoms with Gasteiger partial charge in [0.05, 0.1) is 6.20 Å². The first-order valence-corrected chi connectivity index (χ1v) is 7.34. The number of benzene rings is 1. The predicted molar refractivity (Wildman–Crippen MR) is 80.1 cm³/mol. The van der Waals surface area contributed by atoms with Crippen molar-refractivity contribution >= 4 is 5.69 Å². The van der Waals surface area contributed by atoms with E-state index in [0.717, 1.165) is 17.9 Å². The molecule has 20 heavy (non-hydrogen) atoms. The maximum Gasteiger partial charge on any atom is 0.119 e. The van der Waals surface area contributed by atoms with Crippen LogP contribution in [0.15, 0.2) is 36.7 Å². The van der Waals surface area contributed by atoms with Gasteiger partial charge in [0, 0.05) is 37.1 Å². The lowest BCUT2D eigenvalue weighted by atomic mass is 10.3. The molecule has 0 bridgehead atoms. The summed E-state index contributed by atoms with van der Waals surface area (Å²) in [6, 6.07) is 8.40. The molecule has 1 aliphatic rings. The van der Waals surface area contributed by atoms with Crippen molar-refractivity contribution < 1.29 is 4.74 Å². The molecule has 0 amide bonds. The zero-order chi connectivity index (χ0) is 13.8. The SMILES string of the molecule is CCn1cc(COc2ccc(N3CCCC3)cc2)cn1. The molecule has 0 radical (unpaired) electrons. The molecule has 1 aromatic carbocycles. The smallest absolute Gasteiger partial charge is 0.119 e. The zero-order valence-corrected chi connectivity index (χ0v) is 12.0. The van der Waals surface area contributed by atoms with Crippen molar-refractivity contribution in [2.45, 2.75) is 32.9 Å². The fourth-order valence-electron chi connectivity index (χ4n) is 2.55. The second-order valence-electron chi connectivity index (χ2n) is 5.18. The second-order valence-corrected chi connectivity index (χ2v) is 5.18. The van der Waals surface area contributed by atoms with Gasteiger partial charge in [0.2, 0.25) is 0 Å². The van der Waals surface area contributed by atoms with E-state index in [1.807, 2.05) is 17.1 Å². The number of rotatable bonds is 5. The summed E-state index contributed by atoms with van der Waals surface area (Å²) >= 11 is 0. The van der Waals surface area contributed by atoms with Gasteiger partial charge in [-0.15, -0.1) is 0 Å². The number of nitrogens with zero attached hydrogens (tertiary/aromatic N) is 3. The quantitative estimate of drug-likeness (QED) is 0.837. The summed E-state index contributed by atoms with van der Waals surface area (Å²) in [5.74, 6) is 0.914. The molecule has 4 heteroatoms. The van der Waals surface area contributed by atoms with Crippen LogP contribution in [0.3, 0.4) is 0 Å². The zero-order valence-electron chi connectivity index (χ0n) is 12.0. The molecule has 3 rings (SSSR count). The highest BCUT2D eigenvalue weighted by Crippen LogP contribution is 2.23. The third-order valence-corrected chi connectivity index (χ3v) is 3.72. The van der Waals surface area contributed by atoms with E-state index in [1.165, 1.54) is 31.6 Å². The van der Waals surface area contributed by atoms with E-state index in [2.05, 4.69) is 41.2 Å². The van der Waals surface area contributed by atoms with E-state index in [-0.39, 0.29) is 0 Å². The lowest BCUT2D eigenvalue weighted by Gasteiger charge is -2.17. The third-order valence-electron chi connectivity index (χ3n) is 3.72. The Bertz CT molecular complexity index is 541. The molecule has 0 saturated carbocycles. The normalized spacial score (nSPS) is 14.8. The molecule has 0 spiro atoms. The Hall–Kier alpha value is -1.97. The molecule has 1 fully saturated rings. The Morgan fingerprint density at radius 2 is 1.90 bits per heavy atom. The average Bonchev–Trinajstić information content (AvgIpc) is 3.17. The van der Waals surface area contributed by atoms with Gasteiger partial charge in [0.1, 0.15) is 12.4 Å². The number of hydrogen-bond acceptors (Lipinski definition) is 3. The Morgan fingerprint density at radius 1 is 1.15 bits per heavy atom. The van der Waals surface area contributed by atoms with Crippen LogP contribution in [0.5, 0.6) is 5.75 Å². The van der Waals surface area contributed by atoms with Crippen LogP contribution in [0, 0.1) is 0 Å². The maximum atomic E-state index is 5.80. The molecule has 2 aromatic rings. The van der Waals surface area contributed by atoms with Crippen LogP contribution in [-0.4, -0.2) is 22.9 Å². The summed E-state index contributed by atoms with van der Waals surface area (Å²) in [5, 5.41) is 4.24. The first kappa shape index (κ1) is 13.0. The number of aryl methyl sites for hydroxylation is 1. The molecule has 1 aromatic heterocycles. The predicted octanol–water partition coefficient (Wildman–Crippen LogP) is 3.08. The van der Waals surface area contributed by atoms with Gasteiger partial charge < -0.3 is 9.64 Å². The van der Waals surface area contributed by atoms with Gasteiger partial charge in [0.25, 0.3) is 0 Å². The van der Waals surface area contributed by atoms with Gasteiger partial charge in [-0.3, -0.25) is 4.68 Å². The molecule has 0 aliphatic carbocycles. The first-order valence-electron chi connectivity index (χ1n) is 7.34. The highest BCUT2D eigenvalue weighted by atomic mass is 16.5. The fourth-order valence-corrected chi connectivity index (χ4v) is 2.55. The monoisotopic (exact) mass is 271 g/mol. The average molecular weight is 271 g/mol. The lowest BCUT2D eigenvalue weighted by molar-refractivity contribution is 0.306. The minimum Gasteiger partial charge on any atom is -0.489 e. The first-order chi connectivity index (χ1) is 9.85. The van der Waals surface area contributed by atoms with E-state index >= 15 is 0 Å². The topological polar surface area (TPSA) is 30.3 Å². The molecular weight excluding hydrogens is 250 g/mol. The van der Waals surface area contributed by atoms with Crippen LogP contribution in [0.25, 0.3) is 0 Å². The molecule has 1 aliphatic heterocycles. The molecule has 0 unspecified atom stereocenters. The van der Waals surface area contributed by atoms with Crippen molar-refractivity contribution in [2.24, 2.45) is 0 Å². The number of hydrogen-bond donors (Lipinski definition) is 0. The Balaban J connectivity index is 1.57. The third kappa shape index (κ3) is 2.95. The minimum absolute atomic E-state index is 0.572. The molecule has 106 valence electrons. The molecule has 0 N–H and O–H groups in total. The number of ether oxygens (including phenoxy) is 1. The van der Waals surface area contributed by atoms with Crippen molar-refractivity contribution in [3.05, 3.63) is 42.2 Å². The Kier molecular flexibility index (Phi) is 3.90. The summed E-state index contributed by atoms with van der Waals surface area (Å²) in [4.78, 5) is 2.43. The van der Waals surface area contributed by atoms with E-state index in [4.69, 9.17) is 4.74 Å². The van der Waals surface area contributed by atoms with Crippen molar-refractivity contribution in [3.63, 3.8) is 0 Å². The van der Waals surface area contributed by atoms with Gasteiger partial charge in [-0.2, -0.15) is 5.10 Å². The highest BCUT2D eigenvalue weighted by Gasteiger charge is 2.11. The largest absolute Gasteiger partial charge is 0.489 e. The van der Waals surface area contributed by atoms with Crippen LogP contribution >= 0.6 is 0 Å². The van der Waals surface area contributed by atoms with E-state index in [0.29, 0.717) is 6.61 Å². The van der Waals surface area contributed by atoms with Gasteiger partial charge >= 0.3 is 0 Å². The van der Waals surface area contributed by atoms with Crippen LogP contribution in [0.2, 0.25) is 0 Å². The van der Waals surface area contributed by atoms with Crippen LogP contribution in [-0.2, 0) is 13.2 Å².